The molecule has 0 atom stereocenters. The van der Waals surface area contributed by atoms with E-state index in [1.54, 1.807) is 11.6 Å². The summed E-state index contributed by atoms with van der Waals surface area (Å²) in [6.45, 7) is 0. The van der Waals surface area contributed by atoms with Gasteiger partial charge in [-0.05, 0) is 24.6 Å². The van der Waals surface area contributed by atoms with E-state index in [1.165, 1.54) is 0 Å². The number of ether oxygens (including phenoxy) is 1. The first-order chi connectivity index (χ1) is 11.7. The number of rotatable bonds is 1. The van der Waals surface area contributed by atoms with E-state index in [-0.39, 0.29) is 11.3 Å². The third-order valence-electron chi connectivity index (χ3n) is 4.87. The Balaban J connectivity index is 2.22. The normalized spacial score (nSPS) is 14.0. The molecule has 0 spiro atoms. The molecule has 0 saturated heterocycles. The van der Waals surface area contributed by atoms with E-state index in [2.05, 4.69) is 0 Å². The van der Waals surface area contributed by atoms with Gasteiger partial charge in [0.15, 0.2) is 5.78 Å². The summed E-state index contributed by atoms with van der Waals surface area (Å²) in [6.07, 6.45) is 1.12. The Morgan fingerprint density at radius 3 is 2.54 bits per heavy atom. The van der Waals surface area contributed by atoms with Gasteiger partial charge in [-0.3, -0.25) is 9.59 Å². The molecule has 0 radical (unpaired) electrons. The second kappa shape index (κ2) is 4.47. The first kappa shape index (κ1) is 13.4. The molecule has 2 aromatic carbocycles. The third kappa shape index (κ3) is 1.44. The van der Waals surface area contributed by atoms with Crippen LogP contribution in [0.5, 0.6) is 5.75 Å². The van der Waals surface area contributed by atoms with Crippen LogP contribution in [0.2, 0.25) is 0 Å². The molecule has 1 aliphatic rings. The van der Waals surface area contributed by atoms with E-state index < -0.39 is 0 Å². The van der Waals surface area contributed by atoms with Crippen LogP contribution < -0.4 is 10.3 Å². The highest BCUT2D eigenvalue weighted by Crippen LogP contribution is 2.34. The molecule has 0 N–H and O–H groups in total. The van der Waals surface area contributed by atoms with Crippen molar-refractivity contribution in [2.24, 2.45) is 0 Å². The molecule has 0 unspecified atom stereocenters. The van der Waals surface area contributed by atoms with Crippen LogP contribution in [0.25, 0.3) is 21.8 Å². The molecule has 1 aliphatic carbocycles. The van der Waals surface area contributed by atoms with Gasteiger partial charge in [-0.25, -0.2) is 9.03 Å². The first-order valence-electron chi connectivity index (χ1n) is 7.89. The average molecular weight is 318 g/mol. The Hall–Kier alpha value is -3.08. The lowest BCUT2D eigenvalue weighted by Crippen LogP contribution is -2.16. The van der Waals surface area contributed by atoms with E-state index >= 15 is 0 Å². The number of methoxy groups -OCH3 is 1. The topological polar surface area (TPSA) is 52.2 Å². The quantitative estimate of drug-likeness (QED) is 0.542. The highest BCUT2D eigenvalue weighted by molar-refractivity contribution is 6.11. The number of benzene rings is 2. The molecule has 2 heterocycles. The summed E-state index contributed by atoms with van der Waals surface area (Å²) in [4.78, 5) is 25.6. The molecule has 0 saturated carbocycles. The molecule has 24 heavy (non-hydrogen) atoms. The smallest absolute Gasteiger partial charge is 0.279 e. The zero-order chi connectivity index (χ0) is 16.4. The van der Waals surface area contributed by atoms with Gasteiger partial charge in [0.2, 0.25) is 0 Å². The summed E-state index contributed by atoms with van der Waals surface area (Å²) in [6, 6.07) is 13.1. The predicted molar refractivity (Wildman–Crippen MR) is 91.3 cm³/mol. The lowest BCUT2D eigenvalue weighted by Gasteiger charge is -2.14. The zero-order valence-electron chi connectivity index (χ0n) is 13.1. The van der Waals surface area contributed by atoms with E-state index in [4.69, 9.17) is 4.74 Å². The van der Waals surface area contributed by atoms with E-state index in [1.807, 2.05) is 47.0 Å². The van der Waals surface area contributed by atoms with Crippen LogP contribution in [0.1, 0.15) is 22.5 Å². The van der Waals surface area contributed by atoms with Crippen molar-refractivity contribution in [1.82, 2.24) is 9.03 Å². The Bertz CT molecular complexity index is 1230. The molecular weight excluding hydrogens is 304 g/mol. The van der Waals surface area contributed by atoms with Gasteiger partial charge in [-0.1, -0.05) is 24.3 Å². The Morgan fingerprint density at radius 2 is 1.71 bits per heavy atom. The van der Waals surface area contributed by atoms with E-state index in [0.29, 0.717) is 35.1 Å². The van der Waals surface area contributed by atoms with Crippen molar-refractivity contribution >= 4 is 27.6 Å². The van der Waals surface area contributed by atoms with Gasteiger partial charge < -0.3 is 4.74 Å². The van der Waals surface area contributed by atoms with Crippen LogP contribution >= 0.6 is 0 Å². The van der Waals surface area contributed by atoms with Crippen molar-refractivity contribution in [3.8, 4) is 5.75 Å². The monoisotopic (exact) mass is 318 g/mol. The summed E-state index contributed by atoms with van der Waals surface area (Å²) in [5.74, 6) is 0.709. The van der Waals surface area contributed by atoms with Crippen LogP contribution in [-0.2, 0) is 6.42 Å². The number of aromatic nitrogens is 2. The minimum atomic E-state index is -0.0951. The number of aryl methyl sites for hydroxylation is 1. The fourth-order valence-corrected chi connectivity index (χ4v) is 3.89. The van der Waals surface area contributed by atoms with Gasteiger partial charge in [-0.15, -0.1) is 0 Å². The van der Waals surface area contributed by atoms with E-state index in [9.17, 15) is 9.59 Å². The molecule has 5 rings (SSSR count). The highest BCUT2D eigenvalue weighted by atomic mass is 16.5. The van der Waals surface area contributed by atoms with Gasteiger partial charge >= 0.3 is 0 Å². The second-order valence-corrected chi connectivity index (χ2v) is 6.05. The van der Waals surface area contributed by atoms with Crippen LogP contribution in [0.15, 0.2) is 47.3 Å². The van der Waals surface area contributed by atoms with Gasteiger partial charge in [0.1, 0.15) is 11.3 Å². The van der Waals surface area contributed by atoms with Crippen LogP contribution in [-0.4, -0.2) is 21.9 Å². The highest BCUT2D eigenvalue weighted by Gasteiger charge is 2.29. The number of para-hydroxylation sites is 2. The van der Waals surface area contributed by atoms with E-state index in [0.717, 1.165) is 16.6 Å². The number of nitrogens with zero attached hydrogens (tertiary/aromatic N) is 2. The van der Waals surface area contributed by atoms with Crippen molar-refractivity contribution in [3.05, 3.63) is 64.1 Å². The van der Waals surface area contributed by atoms with Crippen molar-refractivity contribution in [1.29, 1.82) is 0 Å². The minimum Gasteiger partial charge on any atom is -0.494 e. The largest absolute Gasteiger partial charge is 0.494 e. The van der Waals surface area contributed by atoms with Crippen molar-refractivity contribution < 1.29 is 9.53 Å². The molecule has 0 amide bonds. The van der Waals surface area contributed by atoms with Crippen molar-refractivity contribution in [2.75, 3.05) is 7.11 Å². The van der Waals surface area contributed by atoms with Gasteiger partial charge in [-0.2, -0.15) is 0 Å². The fourth-order valence-electron chi connectivity index (χ4n) is 3.89. The number of Topliss-reactive ketones (excluding diaryl/α,β-unsaturated/α-hetero) is 1. The average Bonchev–Trinajstić information content (AvgIpc) is 3.14. The summed E-state index contributed by atoms with van der Waals surface area (Å²) in [5.41, 5.74) is 2.99. The number of hydrogen-bond acceptors (Lipinski definition) is 3. The molecular formula is C19H14N2O3. The first-order valence-corrected chi connectivity index (χ1v) is 7.89. The van der Waals surface area contributed by atoms with Crippen molar-refractivity contribution in [2.45, 2.75) is 12.8 Å². The maximum Gasteiger partial charge on any atom is 0.279 e. The summed E-state index contributed by atoms with van der Waals surface area (Å²) >= 11 is 0. The lowest BCUT2D eigenvalue weighted by atomic mass is 10.1. The predicted octanol–water partition coefficient (Wildman–Crippen LogP) is 2.84. The molecule has 2 aromatic heterocycles. The zero-order valence-corrected chi connectivity index (χ0v) is 13.1. The maximum absolute atomic E-state index is 13.1. The Morgan fingerprint density at radius 1 is 0.917 bits per heavy atom. The standard InChI is InChI=1S/C19H14N2O3/c1-24-16-8-4-6-12-17-14(9-10-15(17)22)20-13-7-3-2-5-11(13)19(23)21(20)18(12)16/h2-8H,9-10H2,1H3. The number of carbonyl (C=O) groups is 1. The number of ketones is 1. The summed E-state index contributed by atoms with van der Waals surface area (Å²) in [7, 11) is 1.58. The second-order valence-electron chi connectivity index (χ2n) is 6.05. The molecule has 118 valence electrons. The molecule has 5 heteroatoms. The SMILES string of the molecule is COc1cccc2c3c(n4c5ccccc5c(=O)n4c12)CCC3=O. The van der Waals surface area contributed by atoms with Gasteiger partial charge in [0.05, 0.1) is 23.7 Å². The van der Waals surface area contributed by atoms with Crippen molar-refractivity contribution in [3.63, 3.8) is 0 Å². The molecule has 0 aliphatic heterocycles. The van der Waals surface area contributed by atoms with Gasteiger partial charge in [0, 0.05) is 17.4 Å². The Kier molecular flexibility index (Phi) is 2.49. The van der Waals surface area contributed by atoms with Crippen LogP contribution in [0, 0.1) is 0 Å². The Labute approximate surface area is 136 Å². The molecule has 0 bridgehead atoms. The van der Waals surface area contributed by atoms with Gasteiger partial charge in [0.25, 0.3) is 5.56 Å². The number of carbonyl (C=O) groups excluding carboxylic acids is 1. The summed E-state index contributed by atoms with van der Waals surface area (Å²) in [5, 5.41) is 1.42. The van der Waals surface area contributed by atoms with Crippen LogP contribution in [0.3, 0.4) is 0 Å². The minimum absolute atomic E-state index is 0.0951. The lowest BCUT2D eigenvalue weighted by molar-refractivity contribution is 0.0996. The number of fused-ring (bicyclic) bond motifs is 8. The summed E-state index contributed by atoms with van der Waals surface area (Å²) < 4.78 is 9.04. The fraction of sp³-hybridized carbons (Fsp3) is 0.158. The maximum atomic E-state index is 13.1. The van der Waals surface area contributed by atoms with Crippen LogP contribution in [0.4, 0.5) is 0 Å². The number of hydrogen-bond donors (Lipinski definition) is 0. The molecule has 5 nitrogen and oxygen atoms in total. The molecule has 0 fully saturated rings. The third-order valence-corrected chi connectivity index (χ3v) is 4.87. The molecule has 4 aromatic rings.